The maximum absolute atomic E-state index is 8.80. The van der Waals surface area contributed by atoms with E-state index in [1.54, 1.807) is 19.3 Å². The Balaban J connectivity index is 1.11. The summed E-state index contributed by atoms with van der Waals surface area (Å²) in [7, 11) is 0. The Bertz CT molecular complexity index is 372. The molecule has 5 fully saturated rings. The zero-order valence-corrected chi connectivity index (χ0v) is 12.0. The van der Waals surface area contributed by atoms with Crippen LogP contribution in [0.3, 0.4) is 0 Å². The summed E-state index contributed by atoms with van der Waals surface area (Å²) < 4.78 is 0. The summed E-state index contributed by atoms with van der Waals surface area (Å²) in [5.74, 6) is 10.9. The molecule has 0 aromatic heterocycles. The second kappa shape index (κ2) is 4.00. The molecule has 0 heterocycles. The fraction of sp³-hybridized carbons (Fsp3) is 1.00. The van der Waals surface area contributed by atoms with Gasteiger partial charge in [0.15, 0.2) is 0 Å². The third kappa shape index (κ3) is 1.27. The molecule has 0 bridgehead atoms. The van der Waals surface area contributed by atoms with Crippen molar-refractivity contribution in [1.29, 1.82) is 0 Å². The minimum absolute atomic E-state index is 0.392. The van der Waals surface area contributed by atoms with Crippen LogP contribution in [-0.4, -0.2) is 11.7 Å². The molecule has 9 unspecified atom stereocenters. The van der Waals surface area contributed by atoms with Gasteiger partial charge in [0, 0.05) is 6.61 Å². The van der Waals surface area contributed by atoms with Crippen molar-refractivity contribution in [2.45, 2.75) is 51.4 Å². The van der Waals surface area contributed by atoms with Crippen molar-refractivity contribution in [2.24, 2.45) is 53.3 Å². The maximum Gasteiger partial charge on any atom is 0.0431 e. The molecule has 9 atom stereocenters. The quantitative estimate of drug-likeness (QED) is 0.570. The fourth-order valence-corrected chi connectivity index (χ4v) is 7.34. The Morgan fingerprint density at radius 3 is 2.11 bits per heavy atom. The van der Waals surface area contributed by atoms with Crippen molar-refractivity contribution >= 4 is 0 Å². The van der Waals surface area contributed by atoms with Gasteiger partial charge in [0.1, 0.15) is 0 Å². The van der Waals surface area contributed by atoms with Gasteiger partial charge in [0.25, 0.3) is 0 Å². The summed E-state index contributed by atoms with van der Waals surface area (Å²) in [5.41, 5.74) is 0. The summed E-state index contributed by atoms with van der Waals surface area (Å²) >= 11 is 0. The SMILES string of the molecule is OCCCCCCC1CC2C1C1C3C4CCC4C3C21. The number of aliphatic hydroxyl groups is 1. The van der Waals surface area contributed by atoms with Gasteiger partial charge in [0.2, 0.25) is 0 Å². The first-order chi connectivity index (χ1) is 9.42. The first-order valence-electron chi connectivity index (χ1n) is 9.02. The monoisotopic (exact) mass is 260 g/mol. The molecule has 0 amide bonds. The first kappa shape index (κ1) is 11.6. The number of fused-ring (bicyclic) bond motifs is 10. The lowest BCUT2D eigenvalue weighted by Crippen LogP contribution is -2.80. The molecule has 5 aliphatic rings. The molecular weight excluding hydrogens is 232 g/mol. The van der Waals surface area contributed by atoms with E-state index >= 15 is 0 Å². The zero-order valence-electron chi connectivity index (χ0n) is 12.0. The molecule has 5 saturated carbocycles. The van der Waals surface area contributed by atoms with Crippen molar-refractivity contribution in [1.82, 2.24) is 0 Å². The molecule has 19 heavy (non-hydrogen) atoms. The Morgan fingerprint density at radius 2 is 1.37 bits per heavy atom. The minimum atomic E-state index is 0.392. The van der Waals surface area contributed by atoms with Crippen LogP contribution in [-0.2, 0) is 0 Å². The average Bonchev–Trinajstić information content (AvgIpc) is 2.36. The summed E-state index contributed by atoms with van der Waals surface area (Å²) in [6, 6.07) is 0. The van der Waals surface area contributed by atoms with Gasteiger partial charge in [-0.3, -0.25) is 0 Å². The van der Waals surface area contributed by atoms with Crippen LogP contribution in [0.25, 0.3) is 0 Å². The molecule has 0 radical (unpaired) electrons. The van der Waals surface area contributed by atoms with E-state index in [-0.39, 0.29) is 0 Å². The lowest BCUT2D eigenvalue weighted by atomic mass is 9.20. The Morgan fingerprint density at radius 1 is 0.684 bits per heavy atom. The molecule has 0 aromatic carbocycles. The van der Waals surface area contributed by atoms with Crippen LogP contribution in [0.1, 0.15) is 51.4 Å². The van der Waals surface area contributed by atoms with E-state index in [4.69, 9.17) is 5.11 Å². The Labute approximate surface area is 117 Å². The van der Waals surface area contributed by atoms with E-state index < -0.39 is 0 Å². The number of hydrogen-bond acceptors (Lipinski definition) is 1. The van der Waals surface area contributed by atoms with Crippen molar-refractivity contribution < 1.29 is 5.11 Å². The van der Waals surface area contributed by atoms with Crippen LogP contribution in [0.15, 0.2) is 0 Å². The largest absolute Gasteiger partial charge is 0.396 e. The molecule has 0 aromatic rings. The topological polar surface area (TPSA) is 20.2 Å². The van der Waals surface area contributed by atoms with Crippen LogP contribution in [0, 0.1) is 53.3 Å². The Hall–Kier alpha value is -0.0400. The van der Waals surface area contributed by atoms with Gasteiger partial charge in [-0.05, 0) is 78.9 Å². The van der Waals surface area contributed by atoms with Gasteiger partial charge in [-0.1, -0.05) is 25.7 Å². The van der Waals surface area contributed by atoms with Crippen LogP contribution >= 0.6 is 0 Å². The predicted molar refractivity (Wildman–Crippen MR) is 75.4 cm³/mol. The predicted octanol–water partition coefficient (Wildman–Crippen LogP) is 3.71. The highest BCUT2D eigenvalue weighted by molar-refractivity contribution is 5.26. The minimum Gasteiger partial charge on any atom is -0.396 e. The molecule has 0 aliphatic heterocycles. The number of unbranched alkanes of at least 4 members (excludes halogenated alkanes) is 3. The number of aliphatic hydroxyl groups excluding tert-OH is 1. The molecular formula is C18H28O. The molecule has 5 aliphatic carbocycles. The van der Waals surface area contributed by atoms with Crippen molar-refractivity contribution in [3.8, 4) is 0 Å². The first-order valence-corrected chi connectivity index (χ1v) is 9.02. The summed E-state index contributed by atoms with van der Waals surface area (Å²) in [6.45, 7) is 0.392. The molecule has 0 spiro atoms. The van der Waals surface area contributed by atoms with Crippen LogP contribution in [0.5, 0.6) is 0 Å². The van der Waals surface area contributed by atoms with E-state index in [0.29, 0.717) is 6.61 Å². The highest BCUT2D eigenvalue weighted by atomic mass is 16.2. The summed E-state index contributed by atoms with van der Waals surface area (Å²) in [5, 5.41) is 8.80. The maximum atomic E-state index is 8.80. The average molecular weight is 260 g/mol. The van der Waals surface area contributed by atoms with Gasteiger partial charge in [-0.25, -0.2) is 0 Å². The van der Waals surface area contributed by atoms with Crippen LogP contribution < -0.4 is 0 Å². The molecule has 1 N–H and O–H groups in total. The highest BCUT2D eigenvalue weighted by Gasteiger charge is 2.79. The fourth-order valence-electron chi connectivity index (χ4n) is 7.34. The molecule has 1 nitrogen and oxygen atoms in total. The van der Waals surface area contributed by atoms with Gasteiger partial charge in [-0.2, -0.15) is 0 Å². The molecule has 1 heteroatoms. The molecule has 5 rings (SSSR count). The standard InChI is InChI=1S/C18H28O/c19-8-4-2-1-3-5-10-9-13-14(10)18-16-12-7-6-11(12)15(16)17(13)18/h10-19H,1-9H2. The van der Waals surface area contributed by atoms with E-state index in [1.165, 1.54) is 73.0 Å². The lowest BCUT2D eigenvalue weighted by molar-refractivity contribution is -0.375. The van der Waals surface area contributed by atoms with E-state index in [0.717, 1.165) is 12.3 Å². The molecule has 106 valence electrons. The van der Waals surface area contributed by atoms with Crippen molar-refractivity contribution in [2.75, 3.05) is 6.61 Å². The van der Waals surface area contributed by atoms with E-state index in [1.807, 2.05) is 0 Å². The van der Waals surface area contributed by atoms with Crippen LogP contribution in [0.4, 0.5) is 0 Å². The van der Waals surface area contributed by atoms with Gasteiger partial charge in [0.05, 0.1) is 0 Å². The van der Waals surface area contributed by atoms with Gasteiger partial charge in [-0.15, -0.1) is 0 Å². The van der Waals surface area contributed by atoms with E-state index in [9.17, 15) is 0 Å². The second-order valence-corrected chi connectivity index (χ2v) is 8.38. The Kier molecular flexibility index (Phi) is 2.44. The molecule has 0 saturated heterocycles. The number of hydrogen-bond donors (Lipinski definition) is 1. The lowest BCUT2D eigenvalue weighted by Gasteiger charge is -2.85. The van der Waals surface area contributed by atoms with Crippen molar-refractivity contribution in [3.63, 3.8) is 0 Å². The third-order valence-electron chi connectivity index (χ3n) is 8.19. The normalized spacial score (nSPS) is 58.9. The van der Waals surface area contributed by atoms with Crippen molar-refractivity contribution in [3.05, 3.63) is 0 Å². The summed E-state index contributed by atoms with van der Waals surface area (Å²) in [4.78, 5) is 0. The van der Waals surface area contributed by atoms with Crippen LogP contribution in [0.2, 0.25) is 0 Å². The second-order valence-electron chi connectivity index (χ2n) is 8.38. The van der Waals surface area contributed by atoms with Gasteiger partial charge < -0.3 is 5.11 Å². The van der Waals surface area contributed by atoms with E-state index in [2.05, 4.69) is 0 Å². The summed E-state index contributed by atoms with van der Waals surface area (Å²) in [6.07, 6.45) is 11.4. The highest BCUT2D eigenvalue weighted by Crippen LogP contribution is 2.84. The smallest absolute Gasteiger partial charge is 0.0431 e. The third-order valence-corrected chi connectivity index (χ3v) is 8.19. The van der Waals surface area contributed by atoms with Gasteiger partial charge >= 0.3 is 0 Å². The zero-order chi connectivity index (χ0) is 12.6. The number of rotatable bonds is 6.